The number of piperidine rings is 1. The maximum absolute atomic E-state index is 15.3. The molecule has 2 aromatic rings. The van der Waals surface area contributed by atoms with E-state index >= 15 is 4.39 Å². The van der Waals surface area contributed by atoms with Crippen molar-refractivity contribution in [1.29, 1.82) is 0 Å². The SMILES string of the molecule is CON=C1CCN(c2c(F)cc3c(=O)c(C(=O)O)cn([C@@H]4C[C@@H]4F)c3c2OC)CC1N. The van der Waals surface area contributed by atoms with Gasteiger partial charge in [-0.05, 0) is 6.07 Å². The van der Waals surface area contributed by atoms with E-state index in [2.05, 4.69) is 5.16 Å². The van der Waals surface area contributed by atoms with Gasteiger partial charge in [-0.15, -0.1) is 0 Å². The number of alkyl halides is 1. The molecule has 4 rings (SSSR count). The molecule has 0 amide bonds. The number of aromatic carboxylic acids is 1. The van der Waals surface area contributed by atoms with Crippen LogP contribution in [-0.4, -0.2) is 60.9 Å². The van der Waals surface area contributed by atoms with Gasteiger partial charge in [0.05, 0.1) is 35.8 Å². The van der Waals surface area contributed by atoms with Gasteiger partial charge in [0.15, 0.2) is 11.6 Å². The molecule has 0 bridgehead atoms. The molecule has 2 aliphatic rings. The van der Waals surface area contributed by atoms with Gasteiger partial charge in [-0.3, -0.25) is 4.79 Å². The number of carboxylic acid groups (broad SMARTS) is 1. The minimum Gasteiger partial charge on any atom is -0.492 e. The first-order chi connectivity index (χ1) is 14.8. The predicted molar refractivity (Wildman–Crippen MR) is 109 cm³/mol. The summed E-state index contributed by atoms with van der Waals surface area (Å²) < 4.78 is 36.1. The number of hydrogen-bond donors (Lipinski definition) is 2. The highest BCUT2D eigenvalue weighted by Gasteiger charge is 2.41. The highest BCUT2D eigenvalue weighted by Crippen LogP contribution is 2.45. The largest absolute Gasteiger partial charge is 0.492 e. The number of aromatic nitrogens is 1. The molecule has 2 heterocycles. The Labute approximate surface area is 175 Å². The van der Waals surface area contributed by atoms with Gasteiger partial charge >= 0.3 is 5.97 Å². The Bertz CT molecular complexity index is 1150. The summed E-state index contributed by atoms with van der Waals surface area (Å²) in [6, 6.07) is -0.181. The average molecular weight is 436 g/mol. The molecule has 9 nitrogen and oxygen atoms in total. The number of rotatable bonds is 5. The molecule has 1 aliphatic heterocycles. The number of nitrogens with two attached hydrogens (primary N) is 1. The van der Waals surface area contributed by atoms with Gasteiger partial charge in [-0.25, -0.2) is 13.6 Å². The third-order valence-electron chi connectivity index (χ3n) is 5.68. The van der Waals surface area contributed by atoms with Gasteiger partial charge in [0.2, 0.25) is 5.43 Å². The van der Waals surface area contributed by atoms with Gasteiger partial charge in [0.1, 0.15) is 24.5 Å². The van der Waals surface area contributed by atoms with Gasteiger partial charge in [0.25, 0.3) is 0 Å². The van der Waals surface area contributed by atoms with Crippen molar-refractivity contribution in [1.82, 2.24) is 4.57 Å². The minimum atomic E-state index is -1.47. The zero-order valence-corrected chi connectivity index (χ0v) is 17.0. The lowest BCUT2D eigenvalue weighted by Crippen LogP contribution is -2.49. The Morgan fingerprint density at radius 3 is 2.65 bits per heavy atom. The predicted octanol–water partition coefficient (Wildman–Crippen LogP) is 1.67. The molecule has 0 spiro atoms. The molecular weight excluding hydrogens is 414 g/mol. The molecule has 1 aromatic heterocycles. The number of oxime groups is 1. The first-order valence-electron chi connectivity index (χ1n) is 9.71. The van der Waals surface area contributed by atoms with Gasteiger partial charge in [-0.1, -0.05) is 5.16 Å². The van der Waals surface area contributed by atoms with Crippen molar-refractivity contribution >= 4 is 28.3 Å². The number of fused-ring (bicyclic) bond motifs is 1. The molecule has 31 heavy (non-hydrogen) atoms. The number of methoxy groups -OCH3 is 1. The van der Waals surface area contributed by atoms with E-state index in [1.807, 2.05) is 0 Å². The number of nitrogens with zero attached hydrogens (tertiary/aromatic N) is 3. The van der Waals surface area contributed by atoms with Gasteiger partial charge in [-0.2, -0.15) is 0 Å². The van der Waals surface area contributed by atoms with Crippen molar-refractivity contribution in [3.63, 3.8) is 0 Å². The van der Waals surface area contributed by atoms with Crippen LogP contribution >= 0.6 is 0 Å². The number of carbonyl (C=O) groups is 1. The fourth-order valence-corrected chi connectivity index (χ4v) is 4.09. The maximum Gasteiger partial charge on any atom is 0.341 e. The maximum atomic E-state index is 15.3. The number of ether oxygens (including phenoxy) is 1. The smallest absolute Gasteiger partial charge is 0.341 e. The van der Waals surface area contributed by atoms with Crippen LogP contribution in [0, 0.1) is 5.82 Å². The molecule has 1 aliphatic carbocycles. The molecular formula is C20H22F2N4O5. The van der Waals surface area contributed by atoms with Crippen molar-refractivity contribution in [3.05, 3.63) is 33.9 Å². The van der Waals surface area contributed by atoms with Crippen LogP contribution in [0.2, 0.25) is 0 Å². The van der Waals surface area contributed by atoms with E-state index in [9.17, 15) is 19.1 Å². The Hall–Kier alpha value is -3.21. The average Bonchev–Trinajstić information content (AvgIpc) is 3.45. The summed E-state index contributed by atoms with van der Waals surface area (Å²) in [4.78, 5) is 30.8. The summed E-state index contributed by atoms with van der Waals surface area (Å²) in [5, 5.41) is 13.1. The Morgan fingerprint density at radius 1 is 1.39 bits per heavy atom. The van der Waals surface area contributed by atoms with Crippen LogP contribution in [-0.2, 0) is 4.84 Å². The summed E-state index contributed by atoms with van der Waals surface area (Å²) in [7, 11) is 2.73. The molecule has 3 N–H and O–H groups in total. The number of pyridine rings is 1. The molecule has 11 heteroatoms. The summed E-state index contributed by atoms with van der Waals surface area (Å²) in [5.41, 5.74) is 5.61. The van der Waals surface area contributed by atoms with E-state index in [-0.39, 0.29) is 35.3 Å². The van der Waals surface area contributed by atoms with Crippen LogP contribution in [0.4, 0.5) is 14.5 Å². The summed E-state index contributed by atoms with van der Waals surface area (Å²) in [6.45, 7) is 0.578. The minimum absolute atomic E-state index is 0.0301. The fourth-order valence-electron chi connectivity index (χ4n) is 4.09. The van der Waals surface area contributed by atoms with Crippen LogP contribution in [0.15, 0.2) is 22.2 Å². The third-order valence-corrected chi connectivity index (χ3v) is 5.68. The van der Waals surface area contributed by atoms with Crippen LogP contribution in [0.5, 0.6) is 5.75 Å². The van der Waals surface area contributed by atoms with E-state index in [0.717, 1.165) is 12.3 Å². The van der Waals surface area contributed by atoms with Crippen molar-refractivity contribution in [2.45, 2.75) is 31.1 Å². The third kappa shape index (κ3) is 3.48. The molecule has 166 valence electrons. The number of anilines is 1. The summed E-state index contributed by atoms with van der Waals surface area (Å²) >= 11 is 0. The monoisotopic (exact) mass is 436 g/mol. The zero-order valence-electron chi connectivity index (χ0n) is 17.0. The van der Waals surface area contributed by atoms with Crippen LogP contribution in [0.3, 0.4) is 0 Å². The van der Waals surface area contributed by atoms with Crippen molar-refractivity contribution in [3.8, 4) is 5.75 Å². The summed E-state index contributed by atoms with van der Waals surface area (Å²) in [6.07, 6.45) is 0.502. The molecule has 1 saturated carbocycles. The molecule has 0 radical (unpaired) electrons. The number of carboxylic acids is 1. The van der Waals surface area contributed by atoms with Crippen LogP contribution in [0.25, 0.3) is 10.9 Å². The van der Waals surface area contributed by atoms with Gasteiger partial charge in [0, 0.05) is 32.1 Å². The fraction of sp³-hybridized carbons (Fsp3) is 0.450. The Kier molecular flexibility index (Phi) is 5.29. The second kappa shape index (κ2) is 7.80. The lowest BCUT2D eigenvalue weighted by Gasteiger charge is -2.34. The first kappa shape index (κ1) is 21.0. The van der Waals surface area contributed by atoms with E-state index in [4.69, 9.17) is 15.3 Å². The molecule has 1 saturated heterocycles. The first-order valence-corrected chi connectivity index (χ1v) is 9.71. The molecule has 1 aromatic carbocycles. The van der Waals surface area contributed by atoms with E-state index in [1.165, 1.54) is 18.8 Å². The van der Waals surface area contributed by atoms with E-state index < -0.39 is 41.0 Å². The van der Waals surface area contributed by atoms with Crippen LogP contribution < -0.4 is 20.8 Å². The van der Waals surface area contributed by atoms with E-state index in [1.54, 1.807) is 4.90 Å². The highest BCUT2D eigenvalue weighted by molar-refractivity contribution is 5.98. The Balaban J connectivity index is 1.94. The lowest BCUT2D eigenvalue weighted by atomic mass is 10.0. The zero-order chi connectivity index (χ0) is 22.4. The van der Waals surface area contributed by atoms with Crippen molar-refractivity contribution in [2.75, 3.05) is 32.2 Å². The second-order valence-corrected chi connectivity index (χ2v) is 7.61. The number of halogens is 2. The van der Waals surface area contributed by atoms with Crippen molar-refractivity contribution < 1.29 is 28.3 Å². The quantitative estimate of drug-likeness (QED) is 0.685. The Morgan fingerprint density at radius 2 is 2.10 bits per heavy atom. The highest BCUT2D eigenvalue weighted by atomic mass is 19.1. The lowest BCUT2D eigenvalue weighted by molar-refractivity contribution is 0.0694. The number of hydrogen-bond acceptors (Lipinski definition) is 7. The molecule has 1 unspecified atom stereocenters. The van der Waals surface area contributed by atoms with Crippen LogP contribution in [0.1, 0.15) is 29.2 Å². The molecule has 2 fully saturated rings. The van der Waals surface area contributed by atoms with Crippen molar-refractivity contribution in [2.24, 2.45) is 10.9 Å². The number of benzene rings is 1. The standard InChI is InChI=1S/C20H22F2N4O5/c1-30-19-16-9(18(27)10(20(28)29)7-26(16)15-6-11(15)21)5-12(22)17(19)25-4-3-14(24-31-2)13(23)8-25/h5,7,11,13,15H,3-4,6,8,23H2,1-2H3,(H,28,29)/t11-,13?,15+/m0/s1. The van der Waals surface area contributed by atoms with E-state index in [0.29, 0.717) is 18.7 Å². The second-order valence-electron chi connectivity index (χ2n) is 7.61. The van der Waals surface area contributed by atoms with Gasteiger partial charge < -0.3 is 29.9 Å². The normalized spacial score (nSPS) is 24.5. The summed E-state index contributed by atoms with van der Waals surface area (Å²) in [5.74, 6) is -2.20. The topological polar surface area (TPSA) is 119 Å². The molecule has 3 atom stereocenters.